The number of aromatic hydroxyl groups is 1. The first-order valence-electron chi connectivity index (χ1n) is 5.11. The third kappa shape index (κ3) is 2.97. The van der Waals surface area contributed by atoms with Crippen LogP contribution in [0.3, 0.4) is 0 Å². The summed E-state index contributed by atoms with van der Waals surface area (Å²) in [6.07, 6.45) is 1.74. The summed E-state index contributed by atoms with van der Waals surface area (Å²) in [5.74, 6) is -2.33. The molecular weight excluding hydrogens is 314 g/mol. The largest absolute Gasteiger partial charge is 0.504 e. The van der Waals surface area contributed by atoms with Crippen LogP contribution in [0.25, 0.3) is 0 Å². The van der Waals surface area contributed by atoms with E-state index in [1.54, 1.807) is 0 Å². The molecule has 106 valence electrons. The van der Waals surface area contributed by atoms with E-state index in [0.29, 0.717) is 0 Å². The van der Waals surface area contributed by atoms with Gasteiger partial charge in [-0.15, -0.1) is 0 Å². The fourth-order valence-electron chi connectivity index (χ4n) is 1.39. The molecule has 0 spiro atoms. The highest BCUT2D eigenvalue weighted by atomic mass is 35.5. The second kappa shape index (κ2) is 5.22. The third-order valence-corrected chi connectivity index (χ3v) is 3.88. The van der Waals surface area contributed by atoms with E-state index in [0.717, 1.165) is 30.6 Å². The van der Waals surface area contributed by atoms with Crippen LogP contribution in [-0.4, -0.2) is 18.5 Å². The molecule has 0 atom stereocenters. The van der Waals surface area contributed by atoms with Crippen molar-refractivity contribution in [1.82, 2.24) is 4.98 Å². The number of anilines is 1. The Balaban J connectivity index is 2.44. The quantitative estimate of drug-likeness (QED) is 0.852. The van der Waals surface area contributed by atoms with Gasteiger partial charge in [0.2, 0.25) is 0 Å². The van der Waals surface area contributed by atoms with Crippen LogP contribution in [0.1, 0.15) is 0 Å². The summed E-state index contributed by atoms with van der Waals surface area (Å²) < 4.78 is 51.9. The molecular formula is C11H7ClF2N2O3S. The number of phenols is 1. The summed E-state index contributed by atoms with van der Waals surface area (Å²) in [6, 6.07) is 2.29. The number of phenolic OH excluding ortho intramolecular Hbond substituents is 1. The number of nitrogens with zero attached hydrogens (tertiary/aromatic N) is 1. The Morgan fingerprint density at radius 3 is 2.50 bits per heavy atom. The summed E-state index contributed by atoms with van der Waals surface area (Å²) in [5, 5.41) is 9.21. The van der Waals surface area contributed by atoms with Crippen LogP contribution in [0.2, 0.25) is 5.02 Å². The lowest BCUT2D eigenvalue weighted by atomic mass is 10.3. The molecule has 0 saturated carbocycles. The zero-order valence-electron chi connectivity index (χ0n) is 9.64. The highest BCUT2D eigenvalue weighted by Gasteiger charge is 2.19. The van der Waals surface area contributed by atoms with Crippen molar-refractivity contribution in [3.05, 3.63) is 47.2 Å². The van der Waals surface area contributed by atoms with Gasteiger partial charge in [0.25, 0.3) is 10.0 Å². The van der Waals surface area contributed by atoms with Gasteiger partial charge in [0.05, 0.1) is 16.9 Å². The van der Waals surface area contributed by atoms with Gasteiger partial charge in [-0.05, 0) is 12.1 Å². The van der Waals surface area contributed by atoms with Gasteiger partial charge in [-0.3, -0.25) is 9.71 Å². The van der Waals surface area contributed by atoms with E-state index >= 15 is 0 Å². The number of sulfonamides is 1. The van der Waals surface area contributed by atoms with Gasteiger partial charge < -0.3 is 5.11 Å². The van der Waals surface area contributed by atoms with Gasteiger partial charge in [0, 0.05) is 12.3 Å². The van der Waals surface area contributed by atoms with Crippen molar-refractivity contribution >= 4 is 27.3 Å². The number of pyridine rings is 1. The molecule has 0 bridgehead atoms. The van der Waals surface area contributed by atoms with E-state index in [-0.39, 0.29) is 5.02 Å². The SMILES string of the molecule is O=S(=O)(Nc1cc(F)cc(Cl)c1O)c1cncc(F)c1. The van der Waals surface area contributed by atoms with E-state index in [9.17, 15) is 22.3 Å². The molecule has 0 aliphatic carbocycles. The standard InChI is InChI=1S/C11H7ClF2N2O3S/c12-9-2-6(13)3-10(11(9)17)16-20(18,19)8-1-7(14)4-15-5-8/h1-5,16-17H. The second-order valence-corrected chi connectivity index (χ2v) is 5.82. The molecule has 0 aliphatic rings. The fourth-order valence-corrected chi connectivity index (χ4v) is 2.62. The Morgan fingerprint density at radius 2 is 1.85 bits per heavy atom. The van der Waals surface area contributed by atoms with Crippen molar-refractivity contribution in [2.75, 3.05) is 4.72 Å². The zero-order valence-corrected chi connectivity index (χ0v) is 11.2. The molecule has 1 aromatic carbocycles. The highest BCUT2D eigenvalue weighted by Crippen LogP contribution is 2.34. The minimum Gasteiger partial charge on any atom is -0.504 e. The zero-order chi connectivity index (χ0) is 14.9. The van der Waals surface area contributed by atoms with Crippen LogP contribution in [0, 0.1) is 11.6 Å². The Labute approximate surface area is 117 Å². The summed E-state index contributed by atoms with van der Waals surface area (Å²) in [5.41, 5.74) is -0.459. The van der Waals surface area contributed by atoms with Crippen molar-refractivity contribution < 1.29 is 22.3 Å². The highest BCUT2D eigenvalue weighted by molar-refractivity contribution is 7.92. The van der Waals surface area contributed by atoms with Crippen molar-refractivity contribution in [2.45, 2.75) is 4.90 Å². The average molecular weight is 321 g/mol. The van der Waals surface area contributed by atoms with Crippen LogP contribution < -0.4 is 4.72 Å². The molecule has 9 heteroatoms. The Hall–Kier alpha value is -1.93. The maximum Gasteiger partial charge on any atom is 0.263 e. The monoisotopic (exact) mass is 320 g/mol. The molecule has 1 aromatic heterocycles. The number of nitrogens with one attached hydrogen (secondary N) is 1. The van der Waals surface area contributed by atoms with Crippen molar-refractivity contribution in [1.29, 1.82) is 0 Å². The predicted octanol–water partition coefficient (Wildman–Crippen LogP) is 2.52. The average Bonchev–Trinajstić information content (AvgIpc) is 2.35. The smallest absolute Gasteiger partial charge is 0.263 e. The molecule has 2 rings (SSSR count). The van der Waals surface area contributed by atoms with Gasteiger partial charge in [-0.25, -0.2) is 17.2 Å². The van der Waals surface area contributed by atoms with Crippen LogP contribution in [-0.2, 0) is 10.0 Å². The van der Waals surface area contributed by atoms with E-state index in [1.807, 2.05) is 4.72 Å². The molecule has 0 saturated heterocycles. The number of benzene rings is 1. The van der Waals surface area contributed by atoms with Crippen LogP contribution in [0.15, 0.2) is 35.5 Å². The first-order valence-corrected chi connectivity index (χ1v) is 6.97. The minimum absolute atomic E-state index is 0.361. The van der Waals surface area contributed by atoms with Gasteiger partial charge in [-0.2, -0.15) is 0 Å². The number of rotatable bonds is 3. The van der Waals surface area contributed by atoms with Crippen molar-refractivity contribution in [3.8, 4) is 5.75 Å². The molecule has 1 heterocycles. The summed E-state index contributed by atoms with van der Waals surface area (Å²) in [6.45, 7) is 0. The van der Waals surface area contributed by atoms with Crippen molar-refractivity contribution in [2.24, 2.45) is 0 Å². The molecule has 0 radical (unpaired) electrons. The molecule has 0 fully saturated rings. The van der Waals surface area contributed by atoms with Gasteiger partial charge in [-0.1, -0.05) is 11.6 Å². The summed E-state index contributed by atoms with van der Waals surface area (Å²) >= 11 is 5.52. The third-order valence-electron chi connectivity index (χ3n) is 2.26. The lowest BCUT2D eigenvalue weighted by Gasteiger charge is -2.10. The normalized spacial score (nSPS) is 11.3. The Kier molecular flexibility index (Phi) is 3.78. The Bertz CT molecular complexity index is 768. The maximum absolute atomic E-state index is 13.1. The van der Waals surface area contributed by atoms with Gasteiger partial charge in [0.1, 0.15) is 16.5 Å². The molecule has 0 aliphatic heterocycles. The van der Waals surface area contributed by atoms with E-state index in [1.165, 1.54) is 0 Å². The fraction of sp³-hybridized carbons (Fsp3) is 0. The first kappa shape index (κ1) is 14.5. The lowest BCUT2D eigenvalue weighted by Crippen LogP contribution is -2.14. The van der Waals surface area contributed by atoms with Crippen LogP contribution in [0.4, 0.5) is 14.5 Å². The molecule has 2 N–H and O–H groups in total. The van der Waals surface area contributed by atoms with Gasteiger partial charge >= 0.3 is 0 Å². The maximum atomic E-state index is 13.1. The number of halogens is 3. The molecule has 5 nitrogen and oxygen atoms in total. The van der Waals surface area contributed by atoms with E-state index in [2.05, 4.69) is 4.98 Å². The minimum atomic E-state index is -4.23. The topological polar surface area (TPSA) is 79.3 Å². The van der Waals surface area contributed by atoms with E-state index in [4.69, 9.17) is 11.6 Å². The first-order chi connectivity index (χ1) is 9.29. The van der Waals surface area contributed by atoms with E-state index < -0.39 is 38.0 Å². The predicted molar refractivity (Wildman–Crippen MR) is 68.1 cm³/mol. The molecule has 2 aromatic rings. The van der Waals surface area contributed by atoms with Gasteiger partial charge in [0.15, 0.2) is 5.75 Å². The van der Waals surface area contributed by atoms with Crippen molar-refractivity contribution in [3.63, 3.8) is 0 Å². The molecule has 0 unspecified atom stereocenters. The number of hydrogen-bond donors (Lipinski definition) is 2. The molecule has 20 heavy (non-hydrogen) atoms. The number of hydrogen-bond acceptors (Lipinski definition) is 4. The summed E-state index contributed by atoms with van der Waals surface area (Å²) in [4.78, 5) is 2.92. The number of aromatic nitrogens is 1. The Morgan fingerprint density at radius 1 is 1.15 bits per heavy atom. The second-order valence-electron chi connectivity index (χ2n) is 3.73. The van der Waals surface area contributed by atoms with Crippen LogP contribution >= 0.6 is 11.6 Å². The van der Waals surface area contributed by atoms with Crippen LogP contribution in [0.5, 0.6) is 5.75 Å². The summed E-state index contributed by atoms with van der Waals surface area (Å²) in [7, 11) is -4.23. The molecule has 0 amide bonds. The lowest BCUT2D eigenvalue weighted by molar-refractivity contribution is 0.476.